The minimum Gasteiger partial charge on any atom is -0.352 e. The van der Waals surface area contributed by atoms with Crippen LogP contribution in [0, 0.1) is 0 Å². The molecule has 2 atom stereocenters. The third kappa shape index (κ3) is 8.02. The van der Waals surface area contributed by atoms with Gasteiger partial charge in [0.15, 0.2) is 0 Å². The smallest absolute Gasteiger partial charge is 0.312 e. The molecule has 1 aliphatic rings. The Labute approximate surface area is 195 Å². The molecular formula is C21H27N7O6. The van der Waals surface area contributed by atoms with Gasteiger partial charge in [-0.05, 0) is 44.0 Å². The molecule has 1 heterocycles. The average Bonchev–Trinajstić information content (AvgIpc) is 3.08. The van der Waals surface area contributed by atoms with E-state index in [4.69, 9.17) is 11.5 Å². The van der Waals surface area contributed by atoms with Gasteiger partial charge in [0, 0.05) is 30.1 Å². The first-order chi connectivity index (χ1) is 16.1. The van der Waals surface area contributed by atoms with Gasteiger partial charge in [0.2, 0.25) is 17.7 Å². The van der Waals surface area contributed by atoms with Crippen molar-refractivity contribution in [2.75, 3.05) is 23.7 Å². The maximum atomic E-state index is 12.7. The van der Waals surface area contributed by atoms with E-state index in [-0.39, 0.29) is 13.0 Å². The maximum absolute atomic E-state index is 12.7. The van der Waals surface area contributed by atoms with Crippen LogP contribution in [0.3, 0.4) is 0 Å². The fourth-order valence-corrected chi connectivity index (χ4v) is 2.89. The molecule has 1 aromatic carbocycles. The van der Waals surface area contributed by atoms with E-state index in [1.165, 1.54) is 31.2 Å². The Morgan fingerprint density at radius 3 is 2.03 bits per heavy atom. The molecule has 0 aliphatic carbocycles. The molecule has 182 valence electrons. The molecule has 13 heteroatoms. The number of carbonyl (C=O) groups is 6. The van der Waals surface area contributed by atoms with Crippen molar-refractivity contribution in [1.29, 1.82) is 0 Å². The second kappa shape index (κ2) is 12.1. The minimum atomic E-state index is -0.906. The van der Waals surface area contributed by atoms with Crippen LogP contribution in [0.2, 0.25) is 0 Å². The topological polar surface area (TPSA) is 206 Å². The van der Waals surface area contributed by atoms with Gasteiger partial charge in [0.05, 0.1) is 6.04 Å². The summed E-state index contributed by atoms with van der Waals surface area (Å²) < 4.78 is 0. The van der Waals surface area contributed by atoms with Crippen molar-refractivity contribution in [2.24, 2.45) is 11.5 Å². The molecule has 1 unspecified atom stereocenters. The largest absolute Gasteiger partial charge is 0.352 e. The third-order valence-corrected chi connectivity index (χ3v) is 4.65. The molecule has 0 saturated carbocycles. The lowest BCUT2D eigenvalue weighted by Crippen LogP contribution is -2.49. The second-order valence-corrected chi connectivity index (χ2v) is 7.49. The normalized spacial score (nSPS) is 14.4. The summed E-state index contributed by atoms with van der Waals surface area (Å²) in [6.45, 7) is 1.29. The number of urea groups is 1. The van der Waals surface area contributed by atoms with E-state index >= 15 is 0 Å². The van der Waals surface area contributed by atoms with E-state index in [0.29, 0.717) is 17.8 Å². The number of nitrogens with zero attached hydrogens (tertiary/aromatic N) is 1. The molecule has 2 rings (SSSR count). The SMILES string of the molecule is CC(N)C(=O)N[C@@H](CCCNC(N)=O)C(=O)Nc1ccc(NC(=O)CN2C(=O)C=CC2=O)cc1. The van der Waals surface area contributed by atoms with Crippen molar-refractivity contribution in [3.8, 4) is 0 Å². The molecule has 13 nitrogen and oxygen atoms in total. The summed E-state index contributed by atoms with van der Waals surface area (Å²) in [6.07, 6.45) is 2.78. The molecule has 0 spiro atoms. The monoisotopic (exact) mass is 473 g/mol. The first-order valence-electron chi connectivity index (χ1n) is 10.4. The molecule has 0 bridgehead atoms. The van der Waals surface area contributed by atoms with Gasteiger partial charge in [-0.25, -0.2) is 4.79 Å². The summed E-state index contributed by atoms with van der Waals surface area (Å²) in [7, 11) is 0. The third-order valence-electron chi connectivity index (χ3n) is 4.65. The van der Waals surface area contributed by atoms with E-state index in [1.54, 1.807) is 0 Å². The Kier molecular flexibility index (Phi) is 9.26. The molecule has 0 aromatic heterocycles. The van der Waals surface area contributed by atoms with Crippen LogP contribution in [-0.2, 0) is 24.0 Å². The predicted octanol–water partition coefficient (Wildman–Crippen LogP) is -1.23. The van der Waals surface area contributed by atoms with Crippen LogP contribution in [0.1, 0.15) is 19.8 Å². The highest BCUT2D eigenvalue weighted by molar-refractivity contribution is 6.15. The van der Waals surface area contributed by atoms with Crippen molar-refractivity contribution in [2.45, 2.75) is 31.8 Å². The minimum absolute atomic E-state index is 0.224. The second-order valence-electron chi connectivity index (χ2n) is 7.49. The van der Waals surface area contributed by atoms with Crippen LogP contribution in [0.15, 0.2) is 36.4 Å². The molecule has 1 aliphatic heterocycles. The van der Waals surface area contributed by atoms with Crippen LogP contribution in [0.25, 0.3) is 0 Å². The van der Waals surface area contributed by atoms with Gasteiger partial charge in [0.1, 0.15) is 12.6 Å². The van der Waals surface area contributed by atoms with Gasteiger partial charge in [-0.3, -0.25) is 28.9 Å². The maximum Gasteiger partial charge on any atom is 0.312 e. The number of hydrogen-bond donors (Lipinski definition) is 6. The zero-order chi connectivity index (χ0) is 25.3. The number of nitrogens with two attached hydrogens (primary N) is 2. The zero-order valence-corrected chi connectivity index (χ0v) is 18.5. The first kappa shape index (κ1) is 26.0. The Morgan fingerprint density at radius 1 is 0.941 bits per heavy atom. The lowest BCUT2D eigenvalue weighted by molar-refractivity contribution is -0.139. The van der Waals surface area contributed by atoms with Crippen molar-refractivity contribution < 1.29 is 28.8 Å². The standard InChI is InChI=1S/C21H27N7O6/c1-12(22)19(32)27-15(3-2-10-24-21(23)34)20(33)26-14-6-4-13(5-7-14)25-16(29)11-28-17(30)8-9-18(28)31/h4-9,12,15H,2-3,10-11,22H2,1H3,(H,25,29)(H,26,33)(H,27,32)(H3,23,24,34)/t12?,15-/m0/s1. The van der Waals surface area contributed by atoms with Gasteiger partial charge in [-0.2, -0.15) is 0 Å². The van der Waals surface area contributed by atoms with Crippen molar-refractivity contribution in [3.05, 3.63) is 36.4 Å². The van der Waals surface area contributed by atoms with Gasteiger partial charge < -0.3 is 32.7 Å². The number of hydrogen-bond acceptors (Lipinski definition) is 7. The summed E-state index contributed by atoms with van der Waals surface area (Å²) in [5.74, 6) is -2.69. The lowest BCUT2D eigenvalue weighted by atomic mass is 10.1. The van der Waals surface area contributed by atoms with Crippen LogP contribution < -0.4 is 32.7 Å². The fourth-order valence-electron chi connectivity index (χ4n) is 2.89. The van der Waals surface area contributed by atoms with Crippen LogP contribution in [0.4, 0.5) is 16.2 Å². The Hall–Kier alpha value is -4.26. The van der Waals surface area contributed by atoms with Crippen molar-refractivity contribution in [1.82, 2.24) is 15.5 Å². The van der Waals surface area contributed by atoms with Crippen molar-refractivity contribution in [3.63, 3.8) is 0 Å². The summed E-state index contributed by atoms with van der Waals surface area (Å²) >= 11 is 0. The van der Waals surface area contributed by atoms with Gasteiger partial charge in [0.25, 0.3) is 11.8 Å². The average molecular weight is 473 g/mol. The van der Waals surface area contributed by atoms with E-state index in [2.05, 4.69) is 21.3 Å². The summed E-state index contributed by atoms with van der Waals surface area (Å²) in [5, 5.41) is 10.2. The van der Waals surface area contributed by atoms with E-state index in [1.807, 2.05) is 0 Å². The number of benzene rings is 1. The highest BCUT2D eigenvalue weighted by Crippen LogP contribution is 2.15. The zero-order valence-electron chi connectivity index (χ0n) is 18.5. The van der Waals surface area contributed by atoms with E-state index < -0.39 is 54.2 Å². The Bertz CT molecular complexity index is 972. The van der Waals surface area contributed by atoms with Crippen LogP contribution in [0.5, 0.6) is 0 Å². The van der Waals surface area contributed by atoms with Gasteiger partial charge in [-0.1, -0.05) is 0 Å². The molecule has 7 amide bonds. The van der Waals surface area contributed by atoms with E-state index in [0.717, 1.165) is 17.1 Å². The molecule has 0 radical (unpaired) electrons. The van der Waals surface area contributed by atoms with Crippen LogP contribution >= 0.6 is 0 Å². The first-order valence-corrected chi connectivity index (χ1v) is 10.4. The number of anilines is 2. The fraction of sp³-hybridized carbons (Fsp3) is 0.333. The number of primary amides is 1. The van der Waals surface area contributed by atoms with E-state index in [9.17, 15) is 28.8 Å². The van der Waals surface area contributed by atoms with Crippen LogP contribution in [-0.4, -0.2) is 65.6 Å². The summed E-state index contributed by atoms with van der Waals surface area (Å²) in [5.41, 5.74) is 11.3. The predicted molar refractivity (Wildman–Crippen MR) is 122 cm³/mol. The molecule has 0 saturated heterocycles. The molecule has 34 heavy (non-hydrogen) atoms. The number of nitrogens with one attached hydrogen (secondary N) is 4. The molecule has 0 fully saturated rings. The quantitative estimate of drug-likeness (QED) is 0.170. The van der Waals surface area contributed by atoms with Gasteiger partial charge >= 0.3 is 6.03 Å². The highest BCUT2D eigenvalue weighted by atomic mass is 16.2. The van der Waals surface area contributed by atoms with Gasteiger partial charge in [-0.15, -0.1) is 0 Å². The number of imide groups is 1. The Morgan fingerprint density at radius 2 is 1.50 bits per heavy atom. The van der Waals surface area contributed by atoms with Crippen molar-refractivity contribution >= 4 is 46.9 Å². The summed E-state index contributed by atoms with van der Waals surface area (Å²) in [6, 6.07) is 3.68. The highest BCUT2D eigenvalue weighted by Gasteiger charge is 2.25. The number of rotatable bonds is 11. The molecule has 8 N–H and O–H groups in total. The molecule has 1 aromatic rings. The summed E-state index contributed by atoms with van der Waals surface area (Å²) in [4.78, 5) is 71.4. The lowest BCUT2D eigenvalue weighted by Gasteiger charge is -2.20. The Balaban J connectivity index is 1.93. The number of amides is 7. The molecular weight excluding hydrogens is 446 g/mol. The number of carbonyl (C=O) groups excluding carboxylic acids is 6.